The van der Waals surface area contributed by atoms with E-state index in [-0.39, 0.29) is 12.3 Å². The van der Waals surface area contributed by atoms with E-state index in [1.165, 1.54) is 25.3 Å². The van der Waals surface area contributed by atoms with Crippen LogP contribution in [0.4, 0.5) is 5.69 Å². The molecule has 3 rings (SSSR count). The molecule has 0 aliphatic heterocycles. The number of nitrogens with zero attached hydrogens (tertiary/aromatic N) is 1. The molecule has 0 aromatic heterocycles. The van der Waals surface area contributed by atoms with Crippen LogP contribution in [0, 0.1) is 0 Å². The van der Waals surface area contributed by atoms with Gasteiger partial charge in [-0.05, 0) is 49.4 Å². The highest BCUT2D eigenvalue weighted by molar-refractivity contribution is 6.40. The number of carbonyl (C=O) groups is 2. The fourth-order valence-electron chi connectivity index (χ4n) is 2.85. The number of hydrogen-bond acceptors (Lipinski definition) is 5. The third-order valence-electron chi connectivity index (χ3n) is 4.57. The minimum Gasteiger partial charge on any atom is -0.493 e. The summed E-state index contributed by atoms with van der Waals surface area (Å²) in [7, 11) is 1.52. The predicted molar refractivity (Wildman–Crippen MR) is 134 cm³/mol. The van der Waals surface area contributed by atoms with Crippen LogP contribution in [-0.4, -0.2) is 24.6 Å². The van der Waals surface area contributed by atoms with Crippen LogP contribution in [0.1, 0.15) is 18.1 Å². The summed E-state index contributed by atoms with van der Waals surface area (Å²) in [6, 6.07) is 17.0. The lowest BCUT2D eigenvalue weighted by Crippen LogP contribution is -2.32. The standard InChI is InChI=1S/C24H20Cl3N3O4/c1-14(29-30-24(32)23(31)28-19-11-17(25)10-18(26)12-19)15-7-8-21(22(9-15)33-2)34-13-16-5-3-4-6-20(16)27/h3-12H,13H2,1-2H3,(H,28,31)(H,30,32)/b29-14+. The number of nitrogens with one attached hydrogen (secondary N) is 2. The largest absolute Gasteiger partial charge is 0.493 e. The number of amides is 2. The monoisotopic (exact) mass is 519 g/mol. The van der Waals surface area contributed by atoms with Crippen molar-refractivity contribution < 1.29 is 19.1 Å². The average molecular weight is 521 g/mol. The van der Waals surface area contributed by atoms with Gasteiger partial charge in [0.15, 0.2) is 11.5 Å². The van der Waals surface area contributed by atoms with Gasteiger partial charge in [0.1, 0.15) is 6.61 Å². The van der Waals surface area contributed by atoms with Crippen LogP contribution in [0.3, 0.4) is 0 Å². The van der Waals surface area contributed by atoms with Crippen LogP contribution in [0.5, 0.6) is 11.5 Å². The molecule has 2 N–H and O–H groups in total. The fraction of sp³-hybridized carbons (Fsp3) is 0.125. The molecule has 0 fully saturated rings. The van der Waals surface area contributed by atoms with E-state index in [9.17, 15) is 9.59 Å². The van der Waals surface area contributed by atoms with Gasteiger partial charge in [0.05, 0.1) is 12.8 Å². The molecule has 0 unspecified atom stereocenters. The first-order valence-electron chi connectivity index (χ1n) is 9.93. The highest BCUT2D eigenvalue weighted by Crippen LogP contribution is 2.30. The molecule has 0 bridgehead atoms. The maximum absolute atomic E-state index is 12.1. The lowest BCUT2D eigenvalue weighted by molar-refractivity contribution is -0.136. The second-order valence-electron chi connectivity index (χ2n) is 7.00. The minimum atomic E-state index is -0.956. The van der Waals surface area contributed by atoms with Crippen molar-refractivity contribution in [2.75, 3.05) is 12.4 Å². The molecule has 0 saturated carbocycles. The maximum atomic E-state index is 12.1. The van der Waals surface area contributed by atoms with Crippen LogP contribution < -0.4 is 20.2 Å². The summed E-state index contributed by atoms with van der Waals surface area (Å²) in [5.41, 5.74) is 4.45. The lowest BCUT2D eigenvalue weighted by atomic mass is 10.1. The number of hydrogen-bond donors (Lipinski definition) is 2. The molecule has 0 radical (unpaired) electrons. The van der Waals surface area contributed by atoms with Gasteiger partial charge in [-0.1, -0.05) is 53.0 Å². The highest BCUT2D eigenvalue weighted by Gasteiger charge is 2.15. The lowest BCUT2D eigenvalue weighted by Gasteiger charge is -2.13. The van der Waals surface area contributed by atoms with Gasteiger partial charge >= 0.3 is 11.8 Å². The van der Waals surface area contributed by atoms with Crippen LogP contribution >= 0.6 is 34.8 Å². The molecule has 0 spiro atoms. The molecule has 0 aliphatic carbocycles. The van der Waals surface area contributed by atoms with E-state index in [4.69, 9.17) is 44.3 Å². The second-order valence-corrected chi connectivity index (χ2v) is 8.28. The number of hydrazone groups is 1. The third kappa shape index (κ3) is 6.87. The zero-order valence-electron chi connectivity index (χ0n) is 18.2. The van der Waals surface area contributed by atoms with E-state index >= 15 is 0 Å². The molecule has 3 aromatic rings. The average Bonchev–Trinajstić information content (AvgIpc) is 2.81. The molecular formula is C24H20Cl3N3O4. The van der Waals surface area contributed by atoms with E-state index in [1.807, 2.05) is 18.2 Å². The number of ether oxygens (including phenoxy) is 2. The number of benzene rings is 3. The van der Waals surface area contributed by atoms with Gasteiger partial charge in [-0.2, -0.15) is 5.10 Å². The molecule has 0 heterocycles. The van der Waals surface area contributed by atoms with Gasteiger partial charge in [0, 0.05) is 31.9 Å². The van der Waals surface area contributed by atoms with Crippen molar-refractivity contribution in [1.82, 2.24) is 5.43 Å². The van der Waals surface area contributed by atoms with Crippen LogP contribution in [0.15, 0.2) is 65.8 Å². The number of anilines is 1. The van der Waals surface area contributed by atoms with Crippen LogP contribution in [-0.2, 0) is 16.2 Å². The number of carbonyl (C=O) groups excluding carboxylic acids is 2. The van der Waals surface area contributed by atoms with Crippen molar-refractivity contribution in [3.05, 3.63) is 86.9 Å². The zero-order valence-corrected chi connectivity index (χ0v) is 20.5. The van der Waals surface area contributed by atoms with Crippen molar-refractivity contribution in [3.63, 3.8) is 0 Å². The SMILES string of the molecule is COc1cc(/C(C)=N/NC(=O)C(=O)Nc2cc(Cl)cc(Cl)c2)ccc1OCc1ccccc1Cl. The normalized spacial score (nSPS) is 11.0. The molecule has 10 heteroatoms. The summed E-state index contributed by atoms with van der Waals surface area (Å²) in [6.07, 6.45) is 0. The van der Waals surface area contributed by atoms with Gasteiger partial charge < -0.3 is 14.8 Å². The van der Waals surface area contributed by atoms with Gasteiger partial charge in [-0.15, -0.1) is 0 Å². The highest BCUT2D eigenvalue weighted by atomic mass is 35.5. The van der Waals surface area contributed by atoms with Crippen molar-refractivity contribution in [1.29, 1.82) is 0 Å². The Bertz CT molecular complexity index is 1230. The zero-order chi connectivity index (χ0) is 24.7. The third-order valence-corrected chi connectivity index (χ3v) is 5.38. The second kappa shape index (κ2) is 11.7. The quantitative estimate of drug-likeness (QED) is 0.237. The van der Waals surface area contributed by atoms with Crippen molar-refractivity contribution >= 4 is 58.0 Å². The number of halogens is 3. The molecule has 0 aliphatic rings. The minimum absolute atomic E-state index is 0.269. The first-order chi connectivity index (χ1) is 16.3. The van der Waals surface area contributed by atoms with E-state index in [2.05, 4.69) is 15.8 Å². The molecule has 0 saturated heterocycles. The molecular weight excluding hydrogens is 501 g/mol. The summed E-state index contributed by atoms with van der Waals surface area (Å²) < 4.78 is 11.3. The summed E-state index contributed by atoms with van der Waals surface area (Å²) in [4.78, 5) is 24.2. The molecule has 2 amide bonds. The van der Waals surface area contributed by atoms with Gasteiger partial charge in [-0.3, -0.25) is 9.59 Å². The Hall–Kier alpha value is -3.26. The summed E-state index contributed by atoms with van der Waals surface area (Å²) in [6.45, 7) is 1.94. The Morgan fingerprint density at radius 2 is 1.62 bits per heavy atom. The summed E-state index contributed by atoms with van der Waals surface area (Å²) in [5.74, 6) is -0.888. The van der Waals surface area contributed by atoms with Crippen LogP contribution in [0.25, 0.3) is 0 Å². The van der Waals surface area contributed by atoms with Gasteiger partial charge in [-0.25, -0.2) is 5.43 Å². The smallest absolute Gasteiger partial charge is 0.329 e. The Kier molecular flexibility index (Phi) is 8.76. The summed E-state index contributed by atoms with van der Waals surface area (Å²) in [5, 5.41) is 7.66. The van der Waals surface area contributed by atoms with Gasteiger partial charge in [0.2, 0.25) is 0 Å². The van der Waals surface area contributed by atoms with E-state index < -0.39 is 11.8 Å². The Morgan fingerprint density at radius 3 is 2.29 bits per heavy atom. The van der Waals surface area contributed by atoms with E-state index in [1.54, 1.807) is 31.2 Å². The number of methoxy groups -OCH3 is 1. The van der Waals surface area contributed by atoms with Crippen molar-refractivity contribution in [2.24, 2.45) is 5.10 Å². The molecule has 0 atom stereocenters. The Balaban J connectivity index is 1.64. The molecule has 7 nitrogen and oxygen atoms in total. The van der Waals surface area contributed by atoms with E-state index in [0.29, 0.717) is 37.8 Å². The van der Waals surface area contributed by atoms with Gasteiger partial charge in [0.25, 0.3) is 0 Å². The van der Waals surface area contributed by atoms with Crippen molar-refractivity contribution in [2.45, 2.75) is 13.5 Å². The van der Waals surface area contributed by atoms with Crippen molar-refractivity contribution in [3.8, 4) is 11.5 Å². The first kappa shape index (κ1) is 25.4. The molecule has 34 heavy (non-hydrogen) atoms. The Labute approximate surface area is 211 Å². The Morgan fingerprint density at radius 1 is 0.912 bits per heavy atom. The van der Waals surface area contributed by atoms with E-state index in [0.717, 1.165) is 5.56 Å². The molecule has 176 valence electrons. The molecule has 3 aromatic carbocycles. The first-order valence-corrected chi connectivity index (χ1v) is 11.1. The maximum Gasteiger partial charge on any atom is 0.329 e. The number of rotatable bonds is 7. The predicted octanol–water partition coefficient (Wildman–Crippen LogP) is 5.71. The van der Waals surface area contributed by atoms with Crippen LogP contribution in [0.2, 0.25) is 15.1 Å². The topological polar surface area (TPSA) is 89.0 Å². The summed E-state index contributed by atoms with van der Waals surface area (Å²) >= 11 is 18.0. The fourth-order valence-corrected chi connectivity index (χ4v) is 3.56.